The molecule has 0 radical (unpaired) electrons. The zero-order chi connectivity index (χ0) is 11.4. The van der Waals surface area contributed by atoms with Gasteiger partial charge in [-0.15, -0.1) is 46.4 Å². The molecule has 0 bridgehead atoms. The summed E-state index contributed by atoms with van der Waals surface area (Å²) in [5.74, 6) is 0.514. The number of hydrogen-bond acceptors (Lipinski definition) is 0. The Morgan fingerprint density at radius 2 is 1.87 bits per heavy atom. The highest BCUT2D eigenvalue weighted by Gasteiger charge is 2.22. The minimum Gasteiger partial charge on any atom is -0.122 e. The van der Waals surface area contributed by atoms with Gasteiger partial charge in [-0.1, -0.05) is 24.3 Å². The number of rotatable bonds is 4. The molecule has 0 amide bonds. The van der Waals surface area contributed by atoms with Crippen LogP contribution in [-0.4, -0.2) is 20.5 Å². The van der Waals surface area contributed by atoms with E-state index in [9.17, 15) is 0 Å². The monoisotopic (exact) mass is 300 g/mol. The summed E-state index contributed by atoms with van der Waals surface area (Å²) in [5, 5.41) is -0.231. The zero-order valence-electron chi connectivity index (χ0n) is 8.26. The van der Waals surface area contributed by atoms with E-state index in [1.165, 1.54) is 5.56 Å². The Hall–Kier alpha value is 0.597. The average molecular weight is 302 g/mol. The van der Waals surface area contributed by atoms with Gasteiger partial charge in [-0.25, -0.2) is 0 Å². The first-order valence-corrected chi connectivity index (χ1v) is 7.63. The third-order valence-electron chi connectivity index (χ3n) is 2.35. The molecule has 0 heterocycles. The van der Waals surface area contributed by atoms with E-state index >= 15 is 0 Å². The Labute approximate surface area is 113 Å². The molecule has 84 valence electrons. The smallest absolute Gasteiger partial charge is 0.122 e. The van der Waals surface area contributed by atoms with Gasteiger partial charge in [-0.05, 0) is 16.7 Å². The van der Waals surface area contributed by atoms with E-state index < -0.39 is 4.84 Å². The fourth-order valence-corrected chi connectivity index (χ4v) is 3.34. The quantitative estimate of drug-likeness (QED) is 0.592. The second-order valence-corrected chi connectivity index (χ2v) is 6.63. The normalized spacial score (nSPS) is 15.5. The van der Waals surface area contributed by atoms with Crippen LogP contribution in [0.25, 0.3) is 0 Å². The van der Waals surface area contributed by atoms with Crippen LogP contribution in [-0.2, 0) is 5.88 Å². The summed E-state index contributed by atoms with van der Waals surface area (Å²) in [6.45, 7) is 0. The van der Waals surface area contributed by atoms with Crippen LogP contribution in [0, 0.1) is 0 Å². The van der Waals surface area contributed by atoms with E-state index in [0.29, 0.717) is 5.88 Å². The lowest BCUT2D eigenvalue weighted by atomic mass is 10.1. The van der Waals surface area contributed by atoms with E-state index in [4.69, 9.17) is 46.4 Å². The van der Waals surface area contributed by atoms with E-state index in [1.54, 1.807) is 0 Å². The molecule has 1 aromatic rings. The van der Waals surface area contributed by atoms with Gasteiger partial charge in [-0.3, -0.25) is 0 Å². The van der Waals surface area contributed by atoms with E-state index in [-0.39, 0.29) is 10.9 Å². The Morgan fingerprint density at radius 3 is 2.40 bits per heavy atom. The van der Waals surface area contributed by atoms with Crippen LogP contribution in [0.1, 0.15) is 16.7 Å². The van der Waals surface area contributed by atoms with Crippen LogP contribution in [0.5, 0.6) is 0 Å². The van der Waals surface area contributed by atoms with E-state index in [0.717, 1.165) is 15.8 Å². The number of alkyl halides is 4. The molecule has 0 nitrogen and oxygen atoms in total. The minimum atomic E-state index is -0.533. The summed E-state index contributed by atoms with van der Waals surface area (Å²) in [4.78, 5) is -0.533. The lowest BCUT2D eigenvalue weighted by Crippen LogP contribution is -2.19. The van der Waals surface area contributed by atoms with Crippen LogP contribution in [0.2, 0.25) is 0 Å². The van der Waals surface area contributed by atoms with Crippen molar-refractivity contribution in [3.63, 3.8) is 0 Å². The van der Waals surface area contributed by atoms with Gasteiger partial charge in [-0.2, -0.15) is 0 Å². The van der Waals surface area contributed by atoms with Crippen LogP contribution in [0.15, 0.2) is 24.3 Å². The molecule has 1 rings (SSSR count). The van der Waals surface area contributed by atoms with Crippen molar-refractivity contribution in [2.45, 2.75) is 21.6 Å². The second-order valence-electron chi connectivity index (χ2n) is 3.45. The maximum Gasteiger partial charge on any atom is 0.124 e. The summed E-state index contributed by atoms with van der Waals surface area (Å²) >= 11 is 23.5. The van der Waals surface area contributed by atoms with Gasteiger partial charge in [0, 0.05) is 16.1 Å². The molecule has 1 aromatic carbocycles. The molecule has 0 saturated carbocycles. The maximum absolute atomic E-state index is 6.13. The Balaban J connectivity index is 2.85. The number of benzene rings is 1. The summed E-state index contributed by atoms with van der Waals surface area (Å²) < 4.78 is 0. The molecule has 0 aromatic heterocycles. The standard InChI is InChI=1S/C10H12Cl4Si/c11-5-6-2-1-3-7(4-6)9(15)8(12)10(13)14/h1-4,8-10H,5H2,15H3. The molecular formula is C10H12Cl4Si. The molecule has 0 N–H and O–H groups in total. The fourth-order valence-electron chi connectivity index (χ4n) is 1.36. The van der Waals surface area contributed by atoms with Gasteiger partial charge in [0.25, 0.3) is 0 Å². The molecule has 0 aliphatic heterocycles. The lowest BCUT2D eigenvalue weighted by molar-refractivity contribution is 0.865. The second kappa shape index (κ2) is 6.36. The predicted octanol–water partition coefficient (Wildman–Crippen LogP) is 3.24. The minimum absolute atomic E-state index is 0.231. The zero-order valence-corrected chi connectivity index (χ0v) is 13.3. The summed E-state index contributed by atoms with van der Waals surface area (Å²) in [6, 6.07) is 8.08. The Kier molecular flexibility index (Phi) is 5.79. The fraction of sp³-hybridized carbons (Fsp3) is 0.400. The van der Waals surface area contributed by atoms with Crippen molar-refractivity contribution in [3.8, 4) is 0 Å². The SMILES string of the molecule is [SiH3]C(c1cccc(CCl)c1)C(Cl)C(Cl)Cl. The Bertz CT molecular complexity index is 316. The third kappa shape index (κ3) is 3.83. The largest absolute Gasteiger partial charge is 0.124 e. The Morgan fingerprint density at radius 1 is 1.20 bits per heavy atom. The first-order valence-electron chi connectivity index (χ1n) is 4.63. The van der Waals surface area contributed by atoms with Crippen molar-refractivity contribution in [1.82, 2.24) is 0 Å². The van der Waals surface area contributed by atoms with Crippen molar-refractivity contribution in [3.05, 3.63) is 35.4 Å². The first-order chi connectivity index (χ1) is 7.06. The highest BCUT2D eigenvalue weighted by atomic mass is 35.5. The first kappa shape index (κ1) is 13.7. The molecule has 5 heteroatoms. The lowest BCUT2D eigenvalue weighted by Gasteiger charge is -2.19. The predicted molar refractivity (Wildman–Crippen MR) is 73.8 cm³/mol. The molecule has 0 fully saturated rings. The van der Waals surface area contributed by atoms with Crippen LogP contribution in [0.3, 0.4) is 0 Å². The molecule has 0 saturated heterocycles. The average Bonchev–Trinajstić information content (AvgIpc) is 2.27. The van der Waals surface area contributed by atoms with Crippen molar-refractivity contribution < 1.29 is 0 Å². The molecule has 2 atom stereocenters. The molecule has 0 spiro atoms. The molecule has 2 unspecified atom stereocenters. The summed E-state index contributed by atoms with van der Waals surface area (Å²) in [5.41, 5.74) is 2.51. The summed E-state index contributed by atoms with van der Waals surface area (Å²) in [6.07, 6.45) is 0. The van der Waals surface area contributed by atoms with Gasteiger partial charge in [0.15, 0.2) is 0 Å². The van der Waals surface area contributed by atoms with Crippen molar-refractivity contribution in [1.29, 1.82) is 0 Å². The molecule has 0 aliphatic rings. The van der Waals surface area contributed by atoms with Gasteiger partial charge in [0.05, 0.1) is 5.38 Å². The molecule has 15 heavy (non-hydrogen) atoms. The number of hydrogen-bond donors (Lipinski definition) is 0. The number of halogens is 4. The van der Waals surface area contributed by atoms with Crippen molar-refractivity contribution >= 4 is 56.6 Å². The molecular weight excluding hydrogens is 290 g/mol. The van der Waals surface area contributed by atoms with Gasteiger partial charge >= 0.3 is 0 Å². The summed E-state index contributed by atoms with van der Waals surface area (Å²) in [7, 11) is 0.915. The van der Waals surface area contributed by atoms with E-state index in [2.05, 4.69) is 6.07 Å². The van der Waals surface area contributed by atoms with Crippen LogP contribution < -0.4 is 0 Å². The van der Waals surface area contributed by atoms with Crippen LogP contribution in [0.4, 0.5) is 0 Å². The van der Waals surface area contributed by atoms with E-state index in [1.807, 2.05) is 18.2 Å². The topological polar surface area (TPSA) is 0 Å². The highest BCUT2D eigenvalue weighted by molar-refractivity contribution is 6.49. The maximum atomic E-state index is 6.13. The molecule has 0 aliphatic carbocycles. The third-order valence-corrected chi connectivity index (χ3v) is 5.90. The van der Waals surface area contributed by atoms with Gasteiger partial charge in [0.1, 0.15) is 4.84 Å². The van der Waals surface area contributed by atoms with Crippen molar-refractivity contribution in [2.75, 3.05) is 0 Å². The highest BCUT2D eigenvalue weighted by Crippen LogP contribution is 2.28. The van der Waals surface area contributed by atoms with Gasteiger partial charge < -0.3 is 0 Å². The van der Waals surface area contributed by atoms with Crippen LogP contribution >= 0.6 is 46.4 Å². The van der Waals surface area contributed by atoms with Crippen molar-refractivity contribution in [2.24, 2.45) is 0 Å². The van der Waals surface area contributed by atoms with Gasteiger partial charge in [0.2, 0.25) is 0 Å².